The maximum atomic E-state index is 13.0. The van der Waals surface area contributed by atoms with Crippen molar-refractivity contribution in [2.45, 2.75) is 19.3 Å². The van der Waals surface area contributed by atoms with Crippen LogP contribution in [0.5, 0.6) is 0 Å². The van der Waals surface area contributed by atoms with Crippen molar-refractivity contribution in [2.75, 3.05) is 16.6 Å². The van der Waals surface area contributed by atoms with E-state index >= 15 is 0 Å². The van der Waals surface area contributed by atoms with Crippen LogP contribution >= 0.6 is 0 Å². The normalized spacial score (nSPS) is 13.9. The highest BCUT2D eigenvalue weighted by Gasteiger charge is 2.31. The van der Waals surface area contributed by atoms with Gasteiger partial charge in [0.2, 0.25) is 10.0 Å². The van der Waals surface area contributed by atoms with Crippen LogP contribution in [0.1, 0.15) is 17.5 Å². The standard InChI is InChI=1S/C20H20N4O3S/c25-20-16-9-6-13-24(28(26,27)14-11-15-7-2-1-3-8-15)19(16)22-18(23-20)17-10-4-5-12-21-17/h1-5,7-8,10,12H,6,9,11,13-14H2,(H,22,23,25). The van der Waals surface area contributed by atoms with E-state index in [9.17, 15) is 13.2 Å². The summed E-state index contributed by atoms with van der Waals surface area (Å²) in [5.41, 5.74) is 1.55. The molecule has 0 saturated heterocycles. The molecule has 0 saturated carbocycles. The van der Waals surface area contributed by atoms with E-state index in [4.69, 9.17) is 0 Å². The molecule has 1 N–H and O–H groups in total. The fourth-order valence-corrected chi connectivity index (χ4v) is 4.86. The Morgan fingerprint density at radius 1 is 1.07 bits per heavy atom. The molecule has 144 valence electrons. The van der Waals surface area contributed by atoms with Gasteiger partial charge in [-0.2, -0.15) is 0 Å². The molecule has 28 heavy (non-hydrogen) atoms. The molecule has 3 aromatic rings. The molecule has 1 aliphatic rings. The number of nitrogens with one attached hydrogen (secondary N) is 1. The van der Waals surface area contributed by atoms with Gasteiger partial charge >= 0.3 is 0 Å². The molecule has 7 nitrogen and oxygen atoms in total. The largest absolute Gasteiger partial charge is 0.305 e. The van der Waals surface area contributed by atoms with Crippen LogP contribution in [-0.2, 0) is 22.9 Å². The van der Waals surface area contributed by atoms with Crippen molar-refractivity contribution in [3.8, 4) is 11.5 Å². The number of anilines is 1. The van der Waals surface area contributed by atoms with Crippen molar-refractivity contribution in [1.29, 1.82) is 0 Å². The second-order valence-corrected chi connectivity index (χ2v) is 8.67. The van der Waals surface area contributed by atoms with Crippen LogP contribution in [0.25, 0.3) is 11.5 Å². The SMILES string of the molecule is O=c1[nH]c(-c2ccccn2)nc2c1CCCN2S(=O)(=O)CCc1ccccc1. The molecular formula is C20H20N4O3S. The van der Waals surface area contributed by atoms with Gasteiger partial charge in [-0.1, -0.05) is 36.4 Å². The predicted molar refractivity (Wildman–Crippen MR) is 108 cm³/mol. The van der Waals surface area contributed by atoms with Crippen molar-refractivity contribution < 1.29 is 8.42 Å². The van der Waals surface area contributed by atoms with Gasteiger partial charge in [-0.15, -0.1) is 0 Å². The van der Waals surface area contributed by atoms with Crippen molar-refractivity contribution in [1.82, 2.24) is 15.0 Å². The highest BCUT2D eigenvalue weighted by Crippen LogP contribution is 2.27. The van der Waals surface area contributed by atoms with Crippen LogP contribution < -0.4 is 9.86 Å². The Labute approximate surface area is 163 Å². The number of H-pyrrole nitrogens is 1. The molecule has 0 spiro atoms. The summed E-state index contributed by atoms with van der Waals surface area (Å²) in [4.78, 5) is 24.0. The minimum Gasteiger partial charge on any atom is -0.305 e. The molecule has 1 aliphatic heterocycles. The molecule has 4 rings (SSSR count). The van der Waals surface area contributed by atoms with E-state index in [0.717, 1.165) is 5.56 Å². The third-order valence-corrected chi connectivity index (χ3v) is 6.50. The number of aromatic nitrogens is 3. The number of hydrogen-bond acceptors (Lipinski definition) is 5. The van der Waals surface area contributed by atoms with Gasteiger partial charge in [-0.05, 0) is 37.0 Å². The van der Waals surface area contributed by atoms with Gasteiger partial charge in [0.15, 0.2) is 11.6 Å². The number of sulfonamides is 1. The van der Waals surface area contributed by atoms with E-state index in [1.807, 2.05) is 30.3 Å². The number of fused-ring (bicyclic) bond motifs is 1. The smallest absolute Gasteiger partial charge is 0.256 e. The molecule has 2 aromatic heterocycles. The summed E-state index contributed by atoms with van der Waals surface area (Å²) < 4.78 is 27.4. The number of pyridine rings is 1. The number of aromatic amines is 1. The van der Waals surface area contributed by atoms with E-state index < -0.39 is 10.0 Å². The summed E-state index contributed by atoms with van der Waals surface area (Å²) in [6.07, 6.45) is 3.10. The molecule has 0 radical (unpaired) electrons. The third kappa shape index (κ3) is 3.68. The monoisotopic (exact) mass is 396 g/mol. The van der Waals surface area contributed by atoms with Gasteiger partial charge < -0.3 is 4.98 Å². The summed E-state index contributed by atoms with van der Waals surface area (Å²) in [5.74, 6) is 0.461. The first kappa shape index (κ1) is 18.4. The zero-order valence-corrected chi connectivity index (χ0v) is 16.0. The van der Waals surface area contributed by atoms with Crippen molar-refractivity contribution in [3.05, 3.63) is 76.2 Å². The third-order valence-electron chi connectivity index (χ3n) is 4.75. The van der Waals surface area contributed by atoms with E-state index in [-0.39, 0.29) is 23.0 Å². The van der Waals surface area contributed by atoms with E-state index in [2.05, 4.69) is 15.0 Å². The maximum Gasteiger partial charge on any atom is 0.256 e. The topological polar surface area (TPSA) is 96.0 Å². The molecular weight excluding hydrogens is 376 g/mol. The Morgan fingerprint density at radius 2 is 1.86 bits per heavy atom. The van der Waals surface area contributed by atoms with Crippen LogP contribution in [0.15, 0.2) is 59.5 Å². The number of rotatable bonds is 5. The van der Waals surface area contributed by atoms with Crippen LogP contribution in [0.3, 0.4) is 0 Å². The van der Waals surface area contributed by atoms with E-state index in [0.29, 0.717) is 37.1 Å². The molecule has 0 amide bonds. The maximum absolute atomic E-state index is 13.0. The average molecular weight is 396 g/mol. The van der Waals surface area contributed by atoms with Crippen LogP contribution in [0.2, 0.25) is 0 Å². The Balaban J connectivity index is 1.69. The number of aryl methyl sites for hydroxylation is 1. The zero-order valence-electron chi connectivity index (χ0n) is 15.2. The van der Waals surface area contributed by atoms with Crippen LogP contribution in [-0.4, -0.2) is 35.7 Å². The first-order valence-corrected chi connectivity index (χ1v) is 10.7. The van der Waals surface area contributed by atoms with Crippen molar-refractivity contribution in [2.24, 2.45) is 0 Å². The number of nitrogens with zero attached hydrogens (tertiary/aromatic N) is 3. The highest BCUT2D eigenvalue weighted by molar-refractivity contribution is 7.92. The second kappa shape index (κ2) is 7.55. The molecule has 0 unspecified atom stereocenters. The minimum atomic E-state index is -3.61. The average Bonchev–Trinajstić information content (AvgIpc) is 2.73. The molecule has 0 atom stereocenters. The summed E-state index contributed by atoms with van der Waals surface area (Å²) in [6.45, 7) is 0.322. The molecule has 1 aromatic carbocycles. The Hall–Kier alpha value is -3.00. The molecule has 3 heterocycles. The lowest BCUT2D eigenvalue weighted by molar-refractivity contribution is 0.584. The summed E-state index contributed by atoms with van der Waals surface area (Å²) in [5, 5.41) is 0. The van der Waals surface area contributed by atoms with Gasteiger partial charge in [0.05, 0.1) is 11.3 Å². The number of benzene rings is 1. The Morgan fingerprint density at radius 3 is 2.61 bits per heavy atom. The van der Waals surface area contributed by atoms with Gasteiger partial charge in [-0.25, -0.2) is 13.4 Å². The Kier molecular flexibility index (Phi) is 4.95. The Bertz CT molecular complexity index is 1130. The summed E-state index contributed by atoms with van der Waals surface area (Å²) >= 11 is 0. The first-order valence-electron chi connectivity index (χ1n) is 9.13. The zero-order chi connectivity index (χ0) is 19.6. The number of hydrogen-bond donors (Lipinski definition) is 1. The van der Waals surface area contributed by atoms with Crippen LogP contribution in [0, 0.1) is 0 Å². The van der Waals surface area contributed by atoms with Gasteiger partial charge in [0.1, 0.15) is 5.69 Å². The van der Waals surface area contributed by atoms with Gasteiger partial charge in [0.25, 0.3) is 5.56 Å². The lowest BCUT2D eigenvalue weighted by Crippen LogP contribution is -2.40. The quantitative estimate of drug-likeness (QED) is 0.713. The second-order valence-electron chi connectivity index (χ2n) is 6.66. The summed E-state index contributed by atoms with van der Waals surface area (Å²) in [7, 11) is -3.61. The molecule has 0 aliphatic carbocycles. The van der Waals surface area contributed by atoms with Gasteiger partial charge in [-0.3, -0.25) is 14.1 Å². The van der Waals surface area contributed by atoms with E-state index in [1.54, 1.807) is 24.4 Å². The molecule has 0 fully saturated rings. The molecule has 8 heteroatoms. The molecule has 0 bridgehead atoms. The van der Waals surface area contributed by atoms with Crippen molar-refractivity contribution >= 4 is 15.8 Å². The fourth-order valence-electron chi connectivity index (χ4n) is 3.32. The highest BCUT2D eigenvalue weighted by atomic mass is 32.2. The van der Waals surface area contributed by atoms with Crippen LogP contribution in [0.4, 0.5) is 5.82 Å². The minimum absolute atomic E-state index is 0.0378. The van der Waals surface area contributed by atoms with E-state index in [1.165, 1.54) is 4.31 Å². The lowest BCUT2D eigenvalue weighted by Gasteiger charge is -2.29. The van der Waals surface area contributed by atoms with Gasteiger partial charge in [0, 0.05) is 12.7 Å². The predicted octanol–water partition coefficient (Wildman–Crippen LogP) is 2.16. The fraction of sp³-hybridized carbons (Fsp3) is 0.250. The lowest BCUT2D eigenvalue weighted by atomic mass is 10.1. The summed E-state index contributed by atoms with van der Waals surface area (Å²) in [6, 6.07) is 14.8. The first-order chi connectivity index (χ1) is 13.5. The van der Waals surface area contributed by atoms with Crippen molar-refractivity contribution in [3.63, 3.8) is 0 Å².